The van der Waals surface area contributed by atoms with E-state index in [1.165, 1.54) is 5.56 Å². The second kappa shape index (κ2) is 4.99. The molecule has 0 amide bonds. The molecule has 1 aliphatic heterocycles. The van der Waals surface area contributed by atoms with E-state index in [2.05, 4.69) is 47.1 Å². The summed E-state index contributed by atoms with van der Waals surface area (Å²) in [6.45, 7) is 2.09. The molecule has 2 aromatic carbocycles. The lowest BCUT2D eigenvalue weighted by Crippen LogP contribution is -2.11. The van der Waals surface area contributed by atoms with E-state index in [1.54, 1.807) is 0 Å². The number of halogens is 1. The van der Waals surface area contributed by atoms with Crippen molar-refractivity contribution in [2.24, 2.45) is 5.73 Å². The highest BCUT2D eigenvalue weighted by atomic mass is 79.9. The molecule has 0 aromatic heterocycles. The molecule has 3 rings (SSSR count). The van der Waals surface area contributed by atoms with Crippen molar-refractivity contribution in [1.29, 1.82) is 0 Å². The van der Waals surface area contributed by atoms with Crippen LogP contribution in [-0.2, 0) is 6.42 Å². The molecule has 0 saturated carbocycles. The number of fused-ring (bicyclic) bond motifs is 1. The summed E-state index contributed by atoms with van der Waals surface area (Å²) in [7, 11) is 0. The van der Waals surface area contributed by atoms with E-state index in [9.17, 15) is 0 Å². The molecule has 2 nitrogen and oxygen atoms in total. The van der Waals surface area contributed by atoms with Gasteiger partial charge in [-0.2, -0.15) is 0 Å². The SMILES string of the molecule is CC1Cc2cc(C(N)c3ccc(Br)cc3)ccc2O1. The summed E-state index contributed by atoms with van der Waals surface area (Å²) in [5, 5.41) is 0. The van der Waals surface area contributed by atoms with Gasteiger partial charge in [-0.15, -0.1) is 0 Å². The maximum absolute atomic E-state index is 6.34. The van der Waals surface area contributed by atoms with E-state index in [-0.39, 0.29) is 12.1 Å². The summed E-state index contributed by atoms with van der Waals surface area (Å²) >= 11 is 3.44. The fraction of sp³-hybridized carbons (Fsp3) is 0.250. The third kappa shape index (κ3) is 2.53. The topological polar surface area (TPSA) is 35.2 Å². The van der Waals surface area contributed by atoms with Crippen LogP contribution in [0.5, 0.6) is 5.75 Å². The van der Waals surface area contributed by atoms with E-state index in [0.717, 1.165) is 27.8 Å². The largest absolute Gasteiger partial charge is 0.490 e. The number of benzene rings is 2. The van der Waals surface area contributed by atoms with E-state index in [1.807, 2.05) is 18.2 Å². The van der Waals surface area contributed by atoms with E-state index in [4.69, 9.17) is 10.5 Å². The molecule has 0 saturated heterocycles. The van der Waals surface area contributed by atoms with Crippen LogP contribution in [0.1, 0.15) is 29.7 Å². The molecular weight excluding hydrogens is 302 g/mol. The average molecular weight is 318 g/mol. The number of hydrogen-bond donors (Lipinski definition) is 1. The van der Waals surface area contributed by atoms with Crippen LogP contribution in [0.4, 0.5) is 0 Å². The summed E-state index contributed by atoms with van der Waals surface area (Å²) < 4.78 is 6.79. The molecule has 2 N–H and O–H groups in total. The second-order valence-corrected chi connectivity index (χ2v) is 5.94. The van der Waals surface area contributed by atoms with Crippen molar-refractivity contribution in [3.8, 4) is 5.75 Å². The van der Waals surface area contributed by atoms with Gasteiger partial charge in [0, 0.05) is 10.9 Å². The first-order chi connectivity index (χ1) is 9.13. The van der Waals surface area contributed by atoms with Gasteiger partial charge in [0.2, 0.25) is 0 Å². The monoisotopic (exact) mass is 317 g/mol. The summed E-state index contributed by atoms with van der Waals surface area (Å²) in [4.78, 5) is 0. The minimum Gasteiger partial charge on any atom is -0.490 e. The molecule has 2 unspecified atom stereocenters. The fourth-order valence-electron chi connectivity index (χ4n) is 2.50. The van der Waals surface area contributed by atoms with Crippen molar-refractivity contribution < 1.29 is 4.74 Å². The Labute approximate surface area is 121 Å². The number of ether oxygens (including phenoxy) is 1. The Morgan fingerprint density at radius 3 is 2.58 bits per heavy atom. The Bertz CT molecular complexity index is 594. The molecule has 0 bridgehead atoms. The fourth-order valence-corrected chi connectivity index (χ4v) is 2.76. The van der Waals surface area contributed by atoms with Crippen molar-refractivity contribution in [3.63, 3.8) is 0 Å². The van der Waals surface area contributed by atoms with Crippen LogP contribution in [0.15, 0.2) is 46.9 Å². The lowest BCUT2D eigenvalue weighted by molar-refractivity contribution is 0.254. The molecule has 98 valence electrons. The van der Waals surface area contributed by atoms with Gasteiger partial charge in [-0.05, 0) is 41.8 Å². The zero-order valence-corrected chi connectivity index (χ0v) is 12.4. The lowest BCUT2D eigenvalue weighted by atomic mass is 9.97. The zero-order chi connectivity index (χ0) is 13.4. The minimum atomic E-state index is -0.0886. The summed E-state index contributed by atoms with van der Waals surface area (Å²) in [6.07, 6.45) is 1.24. The highest BCUT2D eigenvalue weighted by Gasteiger charge is 2.20. The Balaban J connectivity index is 1.90. The van der Waals surface area contributed by atoms with Gasteiger partial charge >= 0.3 is 0 Å². The van der Waals surface area contributed by atoms with Crippen LogP contribution in [0, 0.1) is 0 Å². The standard InChI is InChI=1S/C16H16BrNO/c1-10-8-13-9-12(4-7-15(13)19-10)16(18)11-2-5-14(17)6-3-11/h2-7,9-10,16H,8,18H2,1H3. The third-order valence-corrected chi connectivity index (χ3v) is 4.04. The summed E-state index contributed by atoms with van der Waals surface area (Å²) in [5.74, 6) is 0.999. The van der Waals surface area contributed by atoms with Crippen molar-refractivity contribution in [1.82, 2.24) is 0 Å². The van der Waals surface area contributed by atoms with Gasteiger partial charge in [0.1, 0.15) is 11.9 Å². The van der Waals surface area contributed by atoms with Gasteiger partial charge in [0.05, 0.1) is 6.04 Å². The summed E-state index contributed by atoms with van der Waals surface area (Å²) in [5.41, 5.74) is 9.86. The first-order valence-corrected chi connectivity index (χ1v) is 7.23. The van der Waals surface area contributed by atoms with Crippen molar-refractivity contribution in [2.45, 2.75) is 25.5 Å². The number of rotatable bonds is 2. The van der Waals surface area contributed by atoms with Crippen LogP contribution in [0.25, 0.3) is 0 Å². The molecule has 0 fully saturated rings. The first kappa shape index (κ1) is 12.7. The van der Waals surface area contributed by atoms with Crippen molar-refractivity contribution in [2.75, 3.05) is 0 Å². The van der Waals surface area contributed by atoms with Gasteiger partial charge in [-0.25, -0.2) is 0 Å². The molecule has 0 radical (unpaired) electrons. The molecule has 3 heteroatoms. The number of hydrogen-bond acceptors (Lipinski definition) is 2. The molecule has 1 aliphatic rings. The van der Waals surface area contributed by atoms with Crippen LogP contribution in [0.2, 0.25) is 0 Å². The maximum Gasteiger partial charge on any atom is 0.123 e. The van der Waals surface area contributed by atoms with E-state index >= 15 is 0 Å². The van der Waals surface area contributed by atoms with Gasteiger partial charge in [-0.3, -0.25) is 0 Å². The Morgan fingerprint density at radius 2 is 1.84 bits per heavy atom. The molecule has 1 heterocycles. The van der Waals surface area contributed by atoms with E-state index in [0.29, 0.717) is 0 Å². The Morgan fingerprint density at radius 1 is 1.16 bits per heavy atom. The quantitative estimate of drug-likeness (QED) is 0.913. The van der Waals surface area contributed by atoms with Crippen molar-refractivity contribution in [3.05, 3.63) is 63.6 Å². The minimum absolute atomic E-state index is 0.0886. The van der Waals surface area contributed by atoms with Crippen LogP contribution >= 0.6 is 15.9 Å². The molecule has 2 atom stereocenters. The average Bonchev–Trinajstić information content (AvgIpc) is 2.77. The van der Waals surface area contributed by atoms with Gasteiger partial charge in [0.15, 0.2) is 0 Å². The second-order valence-electron chi connectivity index (χ2n) is 5.03. The smallest absolute Gasteiger partial charge is 0.123 e. The predicted molar refractivity (Wildman–Crippen MR) is 80.4 cm³/mol. The molecule has 2 aromatic rings. The van der Waals surface area contributed by atoms with Crippen LogP contribution < -0.4 is 10.5 Å². The highest BCUT2D eigenvalue weighted by Crippen LogP contribution is 2.32. The third-order valence-electron chi connectivity index (χ3n) is 3.51. The number of nitrogens with two attached hydrogens (primary N) is 1. The van der Waals surface area contributed by atoms with Crippen LogP contribution in [-0.4, -0.2) is 6.10 Å². The van der Waals surface area contributed by atoms with Gasteiger partial charge in [-0.1, -0.05) is 40.2 Å². The zero-order valence-electron chi connectivity index (χ0n) is 10.8. The predicted octanol–water partition coefficient (Wildman–Crippen LogP) is 3.82. The summed E-state index contributed by atoms with van der Waals surface area (Å²) in [6, 6.07) is 14.3. The van der Waals surface area contributed by atoms with Gasteiger partial charge < -0.3 is 10.5 Å². The molecule has 0 spiro atoms. The Hall–Kier alpha value is -1.32. The highest BCUT2D eigenvalue weighted by molar-refractivity contribution is 9.10. The van der Waals surface area contributed by atoms with Crippen molar-refractivity contribution >= 4 is 15.9 Å². The molecule has 19 heavy (non-hydrogen) atoms. The maximum atomic E-state index is 6.34. The van der Waals surface area contributed by atoms with E-state index < -0.39 is 0 Å². The molecular formula is C16H16BrNO. The first-order valence-electron chi connectivity index (χ1n) is 6.44. The van der Waals surface area contributed by atoms with Crippen LogP contribution in [0.3, 0.4) is 0 Å². The Kier molecular flexibility index (Phi) is 3.33. The molecule has 0 aliphatic carbocycles. The lowest BCUT2D eigenvalue weighted by Gasteiger charge is -2.13. The normalized spacial score (nSPS) is 18.8. The van der Waals surface area contributed by atoms with Gasteiger partial charge in [0.25, 0.3) is 0 Å².